The van der Waals surface area contributed by atoms with Crippen LogP contribution >= 0.6 is 0 Å². The number of nitrogens with one attached hydrogen (secondary N) is 1. The van der Waals surface area contributed by atoms with Crippen LogP contribution in [0.25, 0.3) is 0 Å². The van der Waals surface area contributed by atoms with Crippen LogP contribution in [0, 0.1) is 0 Å². The summed E-state index contributed by atoms with van der Waals surface area (Å²) in [5.74, 6) is -1.56. The third-order valence-electron chi connectivity index (χ3n) is 3.15. The van der Waals surface area contributed by atoms with Gasteiger partial charge in [-0.1, -0.05) is 0 Å². The third kappa shape index (κ3) is 3.51. The maximum Gasteiger partial charge on any atom is 0.356 e. The predicted molar refractivity (Wildman–Crippen MR) is 69.5 cm³/mol. The number of rotatable bonds is 4. The predicted octanol–water partition coefficient (Wildman–Crippen LogP) is 0.862. The van der Waals surface area contributed by atoms with Crippen molar-refractivity contribution in [2.75, 3.05) is 6.54 Å². The molecule has 1 aromatic rings. The fourth-order valence-electron chi connectivity index (χ4n) is 2.07. The highest BCUT2D eigenvalue weighted by Crippen LogP contribution is 2.28. The van der Waals surface area contributed by atoms with Gasteiger partial charge in [0.15, 0.2) is 5.69 Å². The summed E-state index contributed by atoms with van der Waals surface area (Å²) in [4.78, 5) is 29.9. The second kappa shape index (κ2) is 5.54. The van der Waals surface area contributed by atoms with Gasteiger partial charge in [-0.2, -0.15) is 0 Å². The number of carbonyl (C=O) groups excluding carboxylic acids is 1. The smallest absolute Gasteiger partial charge is 0.356 e. The topological polar surface area (TPSA) is 101 Å². The van der Waals surface area contributed by atoms with Gasteiger partial charge < -0.3 is 15.2 Å². The molecule has 1 aliphatic rings. The first-order chi connectivity index (χ1) is 9.37. The minimum absolute atomic E-state index is 0.000187. The molecule has 1 aliphatic heterocycles. The lowest BCUT2D eigenvalue weighted by atomic mass is 10.1. The summed E-state index contributed by atoms with van der Waals surface area (Å²) in [7, 11) is 0. The molecule has 0 spiro atoms. The highest BCUT2D eigenvalue weighted by molar-refractivity contribution is 5.92. The van der Waals surface area contributed by atoms with E-state index in [0.717, 1.165) is 25.2 Å². The highest BCUT2D eigenvalue weighted by Gasteiger charge is 2.31. The molecule has 7 nitrogen and oxygen atoms in total. The largest absolute Gasteiger partial charge is 0.476 e. The van der Waals surface area contributed by atoms with Crippen molar-refractivity contribution in [1.82, 2.24) is 15.3 Å². The molecule has 0 aromatic carbocycles. The number of nitrogens with zero attached hydrogens (tertiary/aromatic N) is 2. The summed E-state index contributed by atoms with van der Waals surface area (Å²) in [6.07, 6.45) is 4.07. The van der Waals surface area contributed by atoms with Crippen LogP contribution in [0.1, 0.15) is 47.7 Å². The van der Waals surface area contributed by atoms with E-state index in [2.05, 4.69) is 15.3 Å². The van der Waals surface area contributed by atoms with Gasteiger partial charge in [0.2, 0.25) is 0 Å². The lowest BCUT2D eigenvalue weighted by molar-refractivity contribution is -0.0138. The Bertz CT molecular complexity index is 513. The summed E-state index contributed by atoms with van der Waals surface area (Å²) in [6, 6.07) is 0. The van der Waals surface area contributed by atoms with Gasteiger partial charge in [0.25, 0.3) is 5.91 Å². The van der Waals surface area contributed by atoms with E-state index in [0.29, 0.717) is 6.54 Å². The van der Waals surface area contributed by atoms with E-state index < -0.39 is 5.97 Å². The number of carboxylic acid groups (broad SMARTS) is 1. The van der Waals surface area contributed by atoms with Gasteiger partial charge in [0.1, 0.15) is 5.69 Å². The fourth-order valence-corrected chi connectivity index (χ4v) is 2.07. The molecule has 2 rings (SSSR count). The third-order valence-corrected chi connectivity index (χ3v) is 3.15. The summed E-state index contributed by atoms with van der Waals surface area (Å²) < 4.78 is 5.76. The zero-order valence-electron chi connectivity index (χ0n) is 11.4. The van der Waals surface area contributed by atoms with E-state index in [4.69, 9.17) is 9.84 Å². The minimum Gasteiger partial charge on any atom is -0.476 e. The quantitative estimate of drug-likeness (QED) is 0.847. The zero-order valence-corrected chi connectivity index (χ0v) is 11.4. The van der Waals surface area contributed by atoms with Gasteiger partial charge in [-0.15, -0.1) is 0 Å². The van der Waals surface area contributed by atoms with Gasteiger partial charge in [0, 0.05) is 6.54 Å². The molecule has 2 heterocycles. The first kappa shape index (κ1) is 14.4. The van der Waals surface area contributed by atoms with Crippen LogP contribution in [0.2, 0.25) is 0 Å². The lowest BCUT2D eigenvalue weighted by Crippen LogP contribution is -2.34. The molecule has 7 heteroatoms. The summed E-state index contributed by atoms with van der Waals surface area (Å²) in [5.41, 5.74) is -0.243. The summed E-state index contributed by atoms with van der Waals surface area (Å²) in [6.45, 7) is 4.44. The van der Waals surface area contributed by atoms with Crippen LogP contribution in [0.15, 0.2) is 12.4 Å². The van der Waals surface area contributed by atoms with Crippen LogP contribution in [0.3, 0.4) is 0 Å². The van der Waals surface area contributed by atoms with Crippen molar-refractivity contribution >= 4 is 11.9 Å². The van der Waals surface area contributed by atoms with Crippen molar-refractivity contribution in [3.63, 3.8) is 0 Å². The number of aromatic nitrogens is 2. The van der Waals surface area contributed by atoms with E-state index in [1.54, 1.807) is 0 Å². The number of hydrogen-bond donors (Lipinski definition) is 2. The molecule has 0 radical (unpaired) electrons. The van der Waals surface area contributed by atoms with Gasteiger partial charge in [-0.05, 0) is 26.7 Å². The molecule has 0 bridgehead atoms. The Kier molecular flexibility index (Phi) is 3.99. The molecule has 0 saturated carbocycles. The van der Waals surface area contributed by atoms with Crippen LogP contribution in [-0.4, -0.2) is 45.2 Å². The van der Waals surface area contributed by atoms with Gasteiger partial charge in [-0.3, -0.25) is 4.79 Å². The van der Waals surface area contributed by atoms with Crippen LogP contribution in [0.4, 0.5) is 0 Å². The highest BCUT2D eigenvalue weighted by atomic mass is 16.5. The van der Waals surface area contributed by atoms with E-state index in [9.17, 15) is 9.59 Å². The van der Waals surface area contributed by atoms with E-state index >= 15 is 0 Å². The number of carbonyl (C=O) groups is 2. The maximum atomic E-state index is 11.8. The molecule has 1 amide bonds. The van der Waals surface area contributed by atoms with E-state index in [1.165, 1.54) is 0 Å². The molecule has 2 N–H and O–H groups in total. The lowest BCUT2D eigenvalue weighted by Gasteiger charge is -2.19. The second-order valence-corrected chi connectivity index (χ2v) is 5.34. The van der Waals surface area contributed by atoms with Crippen molar-refractivity contribution < 1.29 is 19.4 Å². The van der Waals surface area contributed by atoms with Crippen molar-refractivity contribution in [3.8, 4) is 0 Å². The standard InChI is InChI=1S/C13H17N3O4/c1-13(2)4-3-8(20-13)5-16-11(17)9-6-15-10(7-14-9)12(18)19/h6-8H,3-5H2,1-2H3,(H,16,17)(H,18,19). The number of hydrogen-bond acceptors (Lipinski definition) is 5. The Morgan fingerprint density at radius 3 is 2.55 bits per heavy atom. The molecule has 1 fully saturated rings. The van der Waals surface area contributed by atoms with Crippen molar-refractivity contribution in [2.24, 2.45) is 0 Å². The van der Waals surface area contributed by atoms with Crippen molar-refractivity contribution in [3.05, 3.63) is 23.8 Å². The molecule has 1 saturated heterocycles. The summed E-state index contributed by atoms with van der Waals surface area (Å²) in [5, 5.41) is 11.4. The van der Waals surface area contributed by atoms with Gasteiger partial charge in [0.05, 0.1) is 24.1 Å². The zero-order chi connectivity index (χ0) is 14.8. The normalized spacial score (nSPS) is 20.6. The van der Waals surface area contributed by atoms with Gasteiger partial charge in [-0.25, -0.2) is 14.8 Å². The van der Waals surface area contributed by atoms with E-state index in [-0.39, 0.29) is 29.0 Å². The Labute approximate surface area is 116 Å². The molecule has 1 unspecified atom stereocenters. The maximum absolute atomic E-state index is 11.8. The molecule has 1 atom stereocenters. The number of aromatic carboxylic acids is 1. The summed E-state index contributed by atoms with van der Waals surface area (Å²) >= 11 is 0. The SMILES string of the molecule is CC1(C)CCC(CNC(=O)c2cnc(C(=O)O)cn2)O1. The first-order valence-corrected chi connectivity index (χ1v) is 6.39. The van der Waals surface area contributed by atoms with Gasteiger partial charge >= 0.3 is 5.97 Å². The second-order valence-electron chi connectivity index (χ2n) is 5.34. The molecule has 108 valence electrons. The van der Waals surface area contributed by atoms with Crippen LogP contribution in [0.5, 0.6) is 0 Å². The monoisotopic (exact) mass is 279 g/mol. The average Bonchev–Trinajstić information content (AvgIpc) is 2.75. The van der Waals surface area contributed by atoms with Crippen molar-refractivity contribution in [2.45, 2.75) is 38.4 Å². The molecular weight excluding hydrogens is 262 g/mol. The average molecular weight is 279 g/mol. The number of ether oxygens (including phenoxy) is 1. The Balaban J connectivity index is 1.87. The van der Waals surface area contributed by atoms with E-state index in [1.807, 2.05) is 13.8 Å². The minimum atomic E-state index is -1.17. The first-order valence-electron chi connectivity index (χ1n) is 6.39. The van der Waals surface area contributed by atoms with Crippen LogP contribution < -0.4 is 5.32 Å². The Hall–Kier alpha value is -2.02. The Morgan fingerprint density at radius 1 is 1.40 bits per heavy atom. The number of amides is 1. The van der Waals surface area contributed by atoms with Crippen molar-refractivity contribution in [1.29, 1.82) is 0 Å². The molecule has 20 heavy (non-hydrogen) atoms. The Morgan fingerprint density at radius 2 is 2.05 bits per heavy atom. The fraction of sp³-hybridized carbons (Fsp3) is 0.538. The molecule has 0 aliphatic carbocycles. The molecular formula is C13H17N3O4. The van der Waals surface area contributed by atoms with Crippen LogP contribution in [-0.2, 0) is 4.74 Å². The number of carboxylic acids is 1. The molecule has 1 aromatic heterocycles.